The third-order valence-corrected chi connectivity index (χ3v) is 7.61. The Morgan fingerprint density at radius 3 is 2.53 bits per heavy atom. The minimum Gasteiger partial charge on any atom is -0.490 e. The van der Waals surface area contributed by atoms with Gasteiger partial charge in [-0.25, -0.2) is 14.6 Å². The van der Waals surface area contributed by atoms with Crippen LogP contribution in [0, 0.1) is 17.2 Å². The predicted molar refractivity (Wildman–Crippen MR) is 161 cm³/mol. The first kappa shape index (κ1) is 29.6. The quantitative estimate of drug-likeness (QED) is 0.239. The SMILES string of the molecule is N#Cc1cccc(-c2ccc(=O)n(Cc3cccc(-c4ncc(OCC5CCN(CCCCC(=O)O)CC5)cn4)c3)n2)c1. The molecule has 0 unspecified atom stereocenters. The second-order valence-corrected chi connectivity index (χ2v) is 10.8. The van der Waals surface area contributed by atoms with Gasteiger partial charge in [0.2, 0.25) is 0 Å². The summed E-state index contributed by atoms with van der Waals surface area (Å²) in [4.78, 5) is 34.7. The Kier molecular flexibility index (Phi) is 9.87. The topological polar surface area (TPSA) is 134 Å². The maximum Gasteiger partial charge on any atom is 0.303 e. The van der Waals surface area contributed by atoms with Gasteiger partial charge in [-0.3, -0.25) is 9.59 Å². The van der Waals surface area contributed by atoms with Crippen LogP contribution in [0.25, 0.3) is 22.6 Å². The minimum absolute atomic E-state index is 0.218. The van der Waals surface area contributed by atoms with E-state index in [-0.39, 0.29) is 18.5 Å². The molecule has 1 N–H and O–H groups in total. The molecule has 3 heterocycles. The number of hydrogen-bond acceptors (Lipinski definition) is 8. The maximum absolute atomic E-state index is 12.6. The number of piperidine rings is 1. The first-order chi connectivity index (χ1) is 21.0. The standard InChI is InChI=1S/C33H34N6O4/c34-19-25-5-3-7-27(17-25)30-10-11-31(40)39(37-30)22-26-6-4-8-28(18-26)33-35-20-29(21-36-33)43-23-24-12-15-38(16-13-24)14-2-1-9-32(41)42/h3-8,10-11,17-18,20-21,24H,1-2,9,12-16,22-23H2,(H,41,42). The molecule has 10 heteroatoms. The molecule has 1 saturated heterocycles. The molecule has 1 fully saturated rings. The van der Waals surface area contributed by atoms with Crippen LogP contribution in [0.3, 0.4) is 0 Å². The van der Waals surface area contributed by atoms with Crippen molar-refractivity contribution in [1.82, 2.24) is 24.6 Å². The minimum atomic E-state index is -0.726. The van der Waals surface area contributed by atoms with Crippen molar-refractivity contribution in [1.29, 1.82) is 5.26 Å². The van der Waals surface area contributed by atoms with Gasteiger partial charge in [-0.2, -0.15) is 10.4 Å². The summed E-state index contributed by atoms with van der Waals surface area (Å²) in [7, 11) is 0. The number of nitriles is 1. The third-order valence-electron chi connectivity index (χ3n) is 7.61. The van der Waals surface area contributed by atoms with Gasteiger partial charge in [-0.05, 0) is 81.1 Å². The molecule has 220 valence electrons. The Bertz CT molecular complexity index is 1640. The van der Waals surface area contributed by atoms with E-state index in [9.17, 15) is 14.9 Å². The molecule has 5 rings (SSSR count). The number of rotatable bonds is 12. The van der Waals surface area contributed by atoms with Gasteiger partial charge in [0.25, 0.3) is 5.56 Å². The molecule has 0 amide bonds. The van der Waals surface area contributed by atoms with E-state index in [1.807, 2.05) is 30.3 Å². The number of aromatic nitrogens is 4. The van der Waals surface area contributed by atoms with Crippen LogP contribution in [0.15, 0.2) is 77.9 Å². The zero-order valence-electron chi connectivity index (χ0n) is 23.9. The Balaban J connectivity index is 1.15. The molecule has 0 spiro atoms. The average molecular weight is 579 g/mol. The average Bonchev–Trinajstić information content (AvgIpc) is 3.04. The Morgan fingerprint density at radius 1 is 1.00 bits per heavy atom. The summed E-state index contributed by atoms with van der Waals surface area (Å²) in [6, 6.07) is 20.1. The van der Waals surface area contributed by atoms with Crippen molar-refractivity contribution in [2.45, 2.75) is 38.6 Å². The molecule has 0 saturated carbocycles. The van der Waals surface area contributed by atoms with Gasteiger partial charge in [0, 0.05) is 23.6 Å². The molecular weight excluding hydrogens is 544 g/mol. The lowest BCUT2D eigenvalue weighted by Crippen LogP contribution is -2.36. The van der Waals surface area contributed by atoms with Gasteiger partial charge in [-0.15, -0.1) is 0 Å². The lowest BCUT2D eigenvalue weighted by Gasteiger charge is -2.31. The fourth-order valence-corrected chi connectivity index (χ4v) is 5.19. The Hall–Kier alpha value is -4.88. The van der Waals surface area contributed by atoms with Crippen LogP contribution in [0.1, 0.15) is 43.2 Å². The number of nitrogens with zero attached hydrogens (tertiary/aromatic N) is 6. The van der Waals surface area contributed by atoms with Crippen molar-refractivity contribution in [2.75, 3.05) is 26.2 Å². The lowest BCUT2D eigenvalue weighted by atomic mass is 9.97. The van der Waals surface area contributed by atoms with Gasteiger partial charge >= 0.3 is 5.97 Å². The van der Waals surface area contributed by atoms with E-state index < -0.39 is 5.97 Å². The van der Waals surface area contributed by atoms with Gasteiger partial charge in [0.15, 0.2) is 11.6 Å². The molecule has 1 aliphatic rings. The number of benzene rings is 2. The summed E-state index contributed by atoms with van der Waals surface area (Å²) in [6.45, 7) is 3.86. The van der Waals surface area contributed by atoms with E-state index in [0.717, 1.165) is 62.0 Å². The number of unbranched alkanes of at least 4 members (excludes halogenated alkanes) is 1. The number of aliphatic carboxylic acids is 1. The predicted octanol–water partition coefficient (Wildman–Crippen LogP) is 4.63. The molecule has 1 aliphatic heterocycles. The molecule has 4 aromatic rings. The molecular formula is C33H34N6O4. The Labute approximate surface area is 250 Å². The van der Waals surface area contributed by atoms with Crippen LogP contribution < -0.4 is 10.3 Å². The molecule has 2 aromatic heterocycles. The Morgan fingerprint density at radius 2 is 1.77 bits per heavy atom. The summed E-state index contributed by atoms with van der Waals surface area (Å²) in [5.74, 6) is 0.935. The van der Waals surface area contributed by atoms with E-state index in [2.05, 4.69) is 26.0 Å². The van der Waals surface area contributed by atoms with Gasteiger partial charge in [-0.1, -0.05) is 30.3 Å². The van der Waals surface area contributed by atoms with Crippen molar-refractivity contribution in [3.05, 3.63) is 94.5 Å². The van der Waals surface area contributed by atoms with Crippen LogP contribution in [0.5, 0.6) is 5.75 Å². The summed E-state index contributed by atoms with van der Waals surface area (Å²) < 4.78 is 7.41. The van der Waals surface area contributed by atoms with Crippen molar-refractivity contribution >= 4 is 5.97 Å². The summed E-state index contributed by atoms with van der Waals surface area (Å²) in [6.07, 6.45) is 7.38. The summed E-state index contributed by atoms with van der Waals surface area (Å²) >= 11 is 0. The van der Waals surface area contributed by atoms with Gasteiger partial charge < -0.3 is 14.7 Å². The highest BCUT2D eigenvalue weighted by Gasteiger charge is 2.19. The number of likely N-dealkylation sites (tertiary alicyclic amines) is 1. The zero-order chi connectivity index (χ0) is 30.0. The second-order valence-electron chi connectivity index (χ2n) is 10.8. The number of carboxylic acids is 1. The second kappa shape index (κ2) is 14.3. The van der Waals surface area contributed by atoms with E-state index in [1.165, 1.54) is 10.7 Å². The highest BCUT2D eigenvalue weighted by atomic mass is 16.5. The molecule has 0 bridgehead atoms. The van der Waals surface area contributed by atoms with Crippen molar-refractivity contribution in [3.8, 4) is 34.5 Å². The van der Waals surface area contributed by atoms with E-state index in [0.29, 0.717) is 35.4 Å². The van der Waals surface area contributed by atoms with E-state index in [1.54, 1.807) is 36.7 Å². The first-order valence-corrected chi connectivity index (χ1v) is 14.5. The number of carboxylic acid groups (broad SMARTS) is 1. The van der Waals surface area contributed by atoms with E-state index in [4.69, 9.17) is 9.84 Å². The summed E-state index contributed by atoms with van der Waals surface area (Å²) in [5.41, 5.74) is 3.41. The highest BCUT2D eigenvalue weighted by Crippen LogP contribution is 2.22. The van der Waals surface area contributed by atoms with Gasteiger partial charge in [0.1, 0.15) is 0 Å². The van der Waals surface area contributed by atoms with Crippen molar-refractivity contribution in [2.24, 2.45) is 5.92 Å². The first-order valence-electron chi connectivity index (χ1n) is 14.5. The normalized spacial score (nSPS) is 13.8. The largest absolute Gasteiger partial charge is 0.490 e. The molecule has 0 aliphatic carbocycles. The van der Waals surface area contributed by atoms with Crippen LogP contribution >= 0.6 is 0 Å². The molecule has 0 radical (unpaired) electrons. The zero-order valence-corrected chi connectivity index (χ0v) is 23.9. The van der Waals surface area contributed by atoms with Crippen molar-refractivity contribution < 1.29 is 14.6 Å². The lowest BCUT2D eigenvalue weighted by molar-refractivity contribution is -0.137. The maximum atomic E-state index is 12.6. The molecule has 43 heavy (non-hydrogen) atoms. The number of hydrogen-bond donors (Lipinski definition) is 1. The smallest absolute Gasteiger partial charge is 0.303 e. The third kappa shape index (κ3) is 8.33. The monoisotopic (exact) mass is 578 g/mol. The van der Waals surface area contributed by atoms with Gasteiger partial charge in [0.05, 0.1) is 42.9 Å². The van der Waals surface area contributed by atoms with E-state index >= 15 is 0 Å². The number of carbonyl (C=O) groups is 1. The fourth-order valence-electron chi connectivity index (χ4n) is 5.19. The molecule has 2 aromatic carbocycles. The van der Waals surface area contributed by atoms with Crippen LogP contribution in [0.2, 0.25) is 0 Å². The van der Waals surface area contributed by atoms with Crippen LogP contribution in [-0.2, 0) is 11.3 Å². The van der Waals surface area contributed by atoms with Crippen LogP contribution in [0.4, 0.5) is 0 Å². The fraction of sp³-hybridized carbons (Fsp3) is 0.333. The molecule has 10 nitrogen and oxygen atoms in total. The number of ether oxygens (including phenoxy) is 1. The highest BCUT2D eigenvalue weighted by molar-refractivity contribution is 5.66. The van der Waals surface area contributed by atoms with Crippen LogP contribution in [-0.4, -0.2) is 62.0 Å². The van der Waals surface area contributed by atoms with Crippen molar-refractivity contribution in [3.63, 3.8) is 0 Å². The summed E-state index contributed by atoms with van der Waals surface area (Å²) in [5, 5.41) is 22.5. The molecule has 0 atom stereocenters.